The number of hydrogen-bond donors (Lipinski definition) is 3. The second-order valence-corrected chi connectivity index (χ2v) is 6.24. The highest BCUT2D eigenvalue weighted by Gasteiger charge is 2.20. The summed E-state index contributed by atoms with van der Waals surface area (Å²) in [5.41, 5.74) is 2.03. The van der Waals surface area contributed by atoms with E-state index in [0.29, 0.717) is 19.0 Å². The van der Waals surface area contributed by atoms with Crippen LogP contribution >= 0.6 is 11.6 Å². The second kappa shape index (κ2) is 7.66. The number of benzene rings is 1. The molecule has 0 aliphatic heterocycles. The fraction of sp³-hybridized carbons (Fsp3) is 0.562. The van der Waals surface area contributed by atoms with Crippen LogP contribution in [0, 0.1) is 12.8 Å². The fourth-order valence-electron chi connectivity index (χ4n) is 2.75. The zero-order chi connectivity index (χ0) is 15.2. The summed E-state index contributed by atoms with van der Waals surface area (Å²) in [6, 6.07) is 5.56. The molecule has 1 aliphatic rings. The number of aliphatic hydroxyl groups excluding tert-OH is 1. The van der Waals surface area contributed by atoms with Gasteiger partial charge >= 0.3 is 6.03 Å². The molecule has 2 amide bonds. The van der Waals surface area contributed by atoms with Crippen LogP contribution < -0.4 is 10.6 Å². The van der Waals surface area contributed by atoms with E-state index in [1.165, 1.54) is 0 Å². The van der Waals surface area contributed by atoms with Crippen LogP contribution in [0.3, 0.4) is 0 Å². The molecule has 0 spiro atoms. The number of aryl methyl sites for hydroxylation is 1. The van der Waals surface area contributed by atoms with E-state index in [0.717, 1.165) is 41.8 Å². The van der Waals surface area contributed by atoms with E-state index < -0.39 is 0 Å². The number of carbonyl (C=O) groups is 1. The standard InChI is InChI=1S/C16H23ClN2O2/c1-11-7-13(5-6-15(11)17)10-19-16(21)18-9-12-3-2-4-14(20)8-12/h5-7,12,14,20H,2-4,8-10H2,1H3,(H2,18,19,21)/t12-,14+/m0/s1. The van der Waals surface area contributed by atoms with Gasteiger partial charge in [0.15, 0.2) is 0 Å². The number of hydrogen-bond acceptors (Lipinski definition) is 2. The lowest BCUT2D eigenvalue weighted by atomic mass is 9.87. The molecular weight excluding hydrogens is 288 g/mol. The van der Waals surface area contributed by atoms with E-state index in [4.69, 9.17) is 11.6 Å². The maximum Gasteiger partial charge on any atom is 0.315 e. The molecule has 0 unspecified atom stereocenters. The van der Waals surface area contributed by atoms with Crippen molar-refractivity contribution in [3.8, 4) is 0 Å². The van der Waals surface area contributed by atoms with Gasteiger partial charge in [-0.3, -0.25) is 0 Å². The van der Waals surface area contributed by atoms with Gasteiger partial charge in [0.05, 0.1) is 6.10 Å². The Kier molecular flexibility index (Phi) is 5.88. The number of urea groups is 1. The number of amides is 2. The fourth-order valence-corrected chi connectivity index (χ4v) is 2.86. The van der Waals surface area contributed by atoms with Crippen LogP contribution in [0.1, 0.15) is 36.8 Å². The Labute approximate surface area is 130 Å². The molecule has 1 aliphatic carbocycles. The molecule has 4 nitrogen and oxygen atoms in total. The third-order valence-electron chi connectivity index (χ3n) is 3.98. The Bertz CT molecular complexity index is 493. The molecule has 2 rings (SSSR count). The minimum Gasteiger partial charge on any atom is -0.393 e. The van der Waals surface area contributed by atoms with Gasteiger partial charge in [-0.2, -0.15) is 0 Å². The van der Waals surface area contributed by atoms with Crippen molar-refractivity contribution in [2.45, 2.75) is 45.3 Å². The van der Waals surface area contributed by atoms with Gasteiger partial charge in [0.1, 0.15) is 0 Å². The van der Waals surface area contributed by atoms with Crippen molar-refractivity contribution in [1.29, 1.82) is 0 Å². The highest BCUT2D eigenvalue weighted by molar-refractivity contribution is 6.31. The first-order chi connectivity index (χ1) is 10.0. The number of rotatable bonds is 4. The van der Waals surface area contributed by atoms with Crippen molar-refractivity contribution in [2.75, 3.05) is 6.54 Å². The molecule has 21 heavy (non-hydrogen) atoms. The predicted molar refractivity (Wildman–Crippen MR) is 84.4 cm³/mol. The molecule has 116 valence electrons. The highest BCUT2D eigenvalue weighted by atomic mass is 35.5. The maximum atomic E-state index is 11.8. The number of carbonyl (C=O) groups excluding carboxylic acids is 1. The normalized spacial score (nSPS) is 21.9. The topological polar surface area (TPSA) is 61.4 Å². The maximum absolute atomic E-state index is 11.8. The Morgan fingerprint density at radius 2 is 2.19 bits per heavy atom. The molecule has 3 N–H and O–H groups in total. The molecule has 1 saturated carbocycles. The number of aliphatic hydroxyl groups is 1. The molecule has 0 saturated heterocycles. The first kappa shape index (κ1) is 16.1. The Hall–Kier alpha value is -1.26. The number of nitrogens with one attached hydrogen (secondary N) is 2. The lowest BCUT2D eigenvalue weighted by molar-refractivity contribution is 0.101. The minimum atomic E-state index is -0.203. The summed E-state index contributed by atoms with van der Waals surface area (Å²) < 4.78 is 0. The van der Waals surface area contributed by atoms with Gasteiger partial charge in [-0.15, -0.1) is 0 Å². The average molecular weight is 311 g/mol. The highest BCUT2D eigenvalue weighted by Crippen LogP contribution is 2.23. The summed E-state index contributed by atoms with van der Waals surface area (Å²) in [6.45, 7) is 3.06. The van der Waals surface area contributed by atoms with Gasteiger partial charge in [-0.05, 0) is 49.3 Å². The van der Waals surface area contributed by atoms with Crippen LogP contribution in [0.15, 0.2) is 18.2 Å². The summed E-state index contributed by atoms with van der Waals surface area (Å²) in [5, 5.41) is 16.1. The van der Waals surface area contributed by atoms with Crippen LogP contribution in [-0.2, 0) is 6.54 Å². The van der Waals surface area contributed by atoms with Crippen molar-refractivity contribution in [2.24, 2.45) is 5.92 Å². The lowest BCUT2D eigenvalue weighted by Gasteiger charge is -2.25. The van der Waals surface area contributed by atoms with Crippen molar-refractivity contribution in [3.05, 3.63) is 34.3 Å². The summed E-state index contributed by atoms with van der Waals surface area (Å²) in [4.78, 5) is 11.8. The van der Waals surface area contributed by atoms with Crippen LogP contribution in [0.25, 0.3) is 0 Å². The van der Waals surface area contributed by atoms with E-state index >= 15 is 0 Å². The molecule has 0 aromatic heterocycles. The predicted octanol–water partition coefficient (Wildman–Crippen LogP) is 3.00. The van der Waals surface area contributed by atoms with E-state index in [-0.39, 0.29) is 12.1 Å². The summed E-state index contributed by atoms with van der Waals surface area (Å²) in [6.07, 6.45) is 3.59. The summed E-state index contributed by atoms with van der Waals surface area (Å²) in [5.74, 6) is 0.386. The van der Waals surface area contributed by atoms with E-state index in [1.807, 2.05) is 25.1 Å². The zero-order valence-corrected chi connectivity index (χ0v) is 13.1. The Morgan fingerprint density at radius 3 is 2.90 bits per heavy atom. The van der Waals surface area contributed by atoms with Crippen LogP contribution in [-0.4, -0.2) is 23.8 Å². The van der Waals surface area contributed by atoms with Gasteiger partial charge in [-0.25, -0.2) is 4.79 Å². The smallest absolute Gasteiger partial charge is 0.315 e. The quantitative estimate of drug-likeness (QED) is 0.800. The van der Waals surface area contributed by atoms with Gasteiger partial charge < -0.3 is 15.7 Å². The Morgan fingerprint density at radius 1 is 1.38 bits per heavy atom. The third-order valence-corrected chi connectivity index (χ3v) is 4.41. The average Bonchev–Trinajstić information content (AvgIpc) is 2.46. The van der Waals surface area contributed by atoms with Crippen LogP contribution in [0.4, 0.5) is 4.79 Å². The van der Waals surface area contributed by atoms with Gasteiger partial charge in [0.25, 0.3) is 0 Å². The second-order valence-electron chi connectivity index (χ2n) is 5.83. The van der Waals surface area contributed by atoms with Crippen LogP contribution in [0.5, 0.6) is 0 Å². The molecule has 0 bridgehead atoms. The monoisotopic (exact) mass is 310 g/mol. The molecule has 2 atom stereocenters. The van der Waals surface area contributed by atoms with E-state index in [2.05, 4.69) is 10.6 Å². The number of halogens is 1. The van der Waals surface area contributed by atoms with Crippen LogP contribution in [0.2, 0.25) is 5.02 Å². The van der Waals surface area contributed by atoms with Crippen molar-refractivity contribution in [1.82, 2.24) is 10.6 Å². The molecule has 5 heteroatoms. The molecule has 1 aromatic rings. The van der Waals surface area contributed by atoms with Gasteiger partial charge in [0.2, 0.25) is 0 Å². The van der Waals surface area contributed by atoms with Crippen molar-refractivity contribution >= 4 is 17.6 Å². The first-order valence-corrected chi connectivity index (χ1v) is 7.87. The van der Waals surface area contributed by atoms with Crippen molar-refractivity contribution < 1.29 is 9.90 Å². The molecule has 0 heterocycles. The van der Waals surface area contributed by atoms with E-state index in [1.54, 1.807) is 0 Å². The molecule has 0 radical (unpaired) electrons. The van der Waals surface area contributed by atoms with E-state index in [9.17, 15) is 9.90 Å². The van der Waals surface area contributed by atoms with Gasteiger partial charge in [0, 0.05) is 18.1 Å². The summed E-state index contributed by atoms with van der Waals surface area (Å²) in [7, 11) is 0. The zero-order valence-electron chi connectivity index (χ0n) is 12.4. The summed E-state index contributed by atoms with van der Waals surface area (Å²) >= 11 is 5.97. The third kappa shape index (κ3) is 5.21. The molecule has 1 aromatic carbocycles. The first-order valence-electron chi connectivity index (χ1n) is 7.49. The largest absolute Gasteiger partial charge is 0.393 e. The SMILES string of the molecule is Cc1cc(CNC(=O)NC[C@H]2CCC[C@@H](O)C2)ccc1Cl. The van der Waals surface area contributed by atoms with Gasteiger partial charge in [-0.1, -0.05) is 30.2 Å². The minimum absolute atomic E-state index is 0.164. The lowest BCUT2D eigenvalue weighted by Crippen LogP contribution is -2.39. The van der Waals surface area contributed by atoms with Crippen molar-refractivity contribution in [3.63, 3.8) is 0 Å². The molecular formula is C16H23ClN2O2. The molecule has 1 fully saturated rings. The Balaban J connectivity index is 1.70.